The van der Waals surface area contributed by atoms with Crippen LogP contribution in [-0.4, -0.2) is 57.9 Å². The van der Waals surface area contributed by atoms with Gasteiger partial charge in [-0.05, 0) is 17.2 Å². The molecule has 0 unspecified atom stereocenters. The monoisotopic (exact) mass is 401 g/mol. The van der Waals surface area contributed by atoms with E-state index in [4.69, 9.17) is 0 Å². The van der Waals surface area contributed by atoms with Crippen molar-refractivity contribution in [3.05, 3.63) is 101 Å². The van der Waals surface area contributed by atoms with E-state index in [0.717, 1.165) is 0 Å². The average Bonchev–Trinajstić information content (AvgIpc) is 2.81. The van der Waals surface area contributed by atoms with Crippen LogP contribution >= 0.6 is 0 Å². The summed E-state index contributed by atoms with van der Waals surface area (Å²) in [5.74, 6) is -1.40. The molecule has 152 valence electrons. The highest BCUT2D eigenvalue weighted by Gasteiger charge is 2.29. The largest absolute Gasteiger partial charge is 0.478 e. The lowest BCUT2D eigenvalue weighted by atomic mass is 9.96. The van der Waals surface area contributed by atoms with Gasteiger partial charge in [0.2, 0.25) is 0 Å². The summed E-state index contributed by atoms with van der Waals surface area (Å²) in [5, 5.41) is 9.36. The molecule has 2 heterocycles. The van der Waals surface area contributed by atoms with Crippen molar-refractivity contribution in [2.45, 2.75) is 6.04 Å². The summed E-state index contributed by atoms with van der Waals surface area (Å²) >= 11 is 0. The summed E-state index contributed by atoms with van der Waals surface area (Å²) in [6.07, 6.45) is 2.68. The number of rotatable bonds is 5. The number of carbonyl (C=O) groups is 2. The number of piperazine rings is 1. The van der Waals surface area contributed by atoms with Gasteiger partial charge in [0.25, 0.3) is 5.91 Å². The number of carboxylic acids is 1. The second kappa shape index (κ2) is 8.88. The third kappa shape index (κ3) is 4.09. The summed E-state index contributed by atoms with van der Waals surface area (Å²) in [4.78, 5) is 32.3. The van der Waals surface area contributed by atoms with E-state index in [1.165, 1.54) is 29.6 Å². The van der Waals surface area contributed by atoms with Crippen molar-refractivity contribution in [2.75, 3.05) is 26.2 Å². The van der Waals surface area contributed by atoms with E-state index in [1.54, 1.807) is 4.90 Å². The first-order valence-corrected chi connectivity index (χ1v) is 9.95. The molecule has 1 aliphatic rings. The lowest BCUT2D eigenvalue weighted by Crippen LogP contribution is -2.50. The number of hydrogen-bond acceptors (Lipinski definition) is 4. The number of aromatic nitrogens is 1. The van der Waals surface area contributed by atoms with E-state index in [0.29, 0.717) is 26.2 Å². The first-order chi connectivity index (χ1) is 14.6. The van der Waals surface area contributed by atoms with Crippen LogP contribution in [0.2, 0.25) is 0 Å². The summed E-state index contributed by atoms with van der Waals surface area (Å²) in [7, 11) is 0. The zero-order chi connectivity index (χ0) is 20.9. The van der Waals surface area contributed by atoms with Crippen LogP contribution < -0.4 is 0 Å². The van der Waals surface area contributed by atoms with Gasteiger partial charge in [-0.1, -0.05) is 60.7 Å². The molecule has 1 fully saturated rings. The molecule has 1 N–H and O–H groups in total. The molecule has 30 heavy (non-hydrogen) atoms. The standard InChI is InChI=1S/C24H23N3O3/c28-23(20-11-12-25-17-21(20)24(29)30)27-15-13-26(14-16-27)22(18-7-3-1-4-8-18)19-9-5-2-6-10-19/h1-12,17,22H,13-16H2,(H,29,30). The van der Waals surface area contributed by atoms with Crippen LogP contribution in [0.5, 0.6) is 0 Å². The van der Waals surface area contributed by atoms with Gasteiger partial charge >= 0.3 is 5.97 Å². The first kappa shape index (κ1) is 19.8. The fraction of sp³-hybridized carbons (Fsp3) is 0.208. The van der Waals surface area contributed by atoms with Gasteiger partial charge < -0.3 is 10.0 Å². The second-order valence-corrected chi connectivity index (χ2v) is 7.28. The minimum absolute atomic E-state index is 0.0589. The van der Waals surface area contributed by atoms with Crippen molar-refractivity contribution in [3.8, 4) is 0 Å². The molecule has 1 aromatic heterocycles. The number of aromatic carboxylic acids is 1. The zero-order valence-electron chi connectivity index (χ0n) is 16.5. The van der Waals surface area contributed by atoms with Gasteiger partial charge in [-0.25, -0.2) is 4.79 Å². The van der Waals surface area contributed by atoms with Crippen molar-refractivity contribution in [3.63, 3.8) is 0 Å². The number of amides is 1. The van der Waals surface area contributed by atoms with Gasteiger partial charge in [-0.15, -0.1) is 0 Å². The van der Waals surface area contributed by atoms with Crippen molar-refractivity contribution >= 4 is 11.9 Å². The number of carbonyl (C=O) groups excluding carboxylic acids is 1. The van der Waals surface area contributed by atoms with Crippen LogP contribution in [0, 0.1) is 0 Å². The smallest absolute Gasteiger partial charge is 0.338 e. The number of nitrogens with zero attached hydrogens (tertiary/aromatic N) is 3. The van der Waals surface area contributed by atoms with Crippen molar-refractivity contribution in [2.24, 2.45) is 0 Å². The predicted octanol–water partition coefficient (Wildman–Crippen LogP) is 3.33. The zero-order valence-corrected chi connectivity index (χ0v) is 16.5. The Bertz CT molecular complexity index is 977. The quantitative estimate of drug-likeness (QED) is 0.710. The SMILES string of the molecule is O=C(O)c1cnccc1C(=O)N1CCN(C(c2ccccc2)c2ccccc2)CC1. The summed E-state index contributed by atoms with van der Waals surface area (Å²) in [6, 6.07) is 22.3. The van der Waals surface area contributed by atoms with Crippen molar-refractivity contribution in [1.29, 1.82) is 0 Å². The molecule has 2 aromatic carbocycles. The molecule has 1 amide bonds. The fourth-order valence-corrected chi connectivity index (χ4v) is 3.99. The second-order valence-electron chi connectivity index (χ2n) is 7.28. The maximum atomic E-state index is 13.0. The molecule has 0 saturated carbocycles. The predicted molar refractivity (Wildman–Crippen MR) is 113 cm³/mol. The molecule has 0 atom stereocenters. The summed E-state index contributed by atoms with van der Waals surface area (Å²) < 4.78 is 0. The summed E-state index contributed by atoms with van der Waals surface area (Å²) in [6.45, 7) is 2.48. The summed E-state index contributed by atoms with van der Waals surface area (Å²) in [5.41, 5.74) is 2.56. The Hall–Kier alpha value is -3.51. The molecule has 4 rings (SSSR count). The Labute approximate surface area is 175 Å². The molecular formula is C24H23N3O3. The van der Waals surface area contributed by atoms with E-state index in [-0.39, 0.29) is 23.1 Å². The molecule has 1 aliphatic heterocycles. The van der Waals surface area contributed by atoms with E-state index in [2.05, 4.69) is 34.1 Å². The Balaban J connectivity index is 1.53. The van der Waals surface area contributed by atoms with Gasteiger partial charge in [-0.2, -0.15) is 0 Å². The highest BCUT2D eigenvalue weighted by Crippen LogP contribution is 2.29. The van der Waals surface area contributed by atoms with Gasteiger partial charge in [0, 0.05) is 38.6 Å². The number of carboxylic acid groups (broad SMARTS) is 1. The van der Waals surface area contributed by atoms with Crippen LogP contribution in [-0.2, 0) is 0 Å². The Morgan fingerprint density at radius 2 is 1.37 bits per heavy atom. The lowest BCUT2D eigenvalue weighted by Gasteiger charge is -2.40. The molecule has 3 aromatic rings. The van der Waals surface area contributed by atoms with Crippen LogP contribution in [0.15, 0.2) is 79.1 Å². The number of benzene rings is 2. The minimum Gasteiger partial charge on any atom is -0.478 e. The van der Waals surface area contributed by atoms with E-state index in [1.807, 2.05) is 36.4 Å². The van der Waals surface area contributed by atoms with E-state index in [9.17, 15) is 14.7 Å². The lowest BCUT2D eigenvalue weighted by molar-refractivity contribution is 0.0582. The van der Waals surface area contributed by atoms with Crippen LogP contribution in [0.25, 0.3) is 0 Å². The van der Waals surface area contributed by atoms with Crippen LogP contribution in [0.1, 0.15) is 37.9 Å². The van der Waals surface area contributed by atoms with Gasteiger partial charge in [0.15, 0.2) is 0 Å². The third-order valence-corrected chi connectivity index (χ3v) is 5.48. The number of pyridine rings is 1. The molecule has 6 heteroatoms. The van der Waals surface area contributed by atoms with E-state index < -0.39 is 5.97 Å². The highest BCUT2D eigenvalue weighted by molar-refractivity contribution is 6.04. The van der Waals surface area contributed by atoms with Gasteiger partial charge in [-0.3, -0.25) is 14.7 Å². The molecule has 1 saturated heterocycles. The highest BCUT2D eigenvalue weighted by atomic mass is 16.4. The average molecular weight is 401 g/mol. The fourth-order valence-electron chi connectivity index (χ4n) is 3.99. The van der Waals surface area contributed by atoms with Gasteiger partial charge in [0.05, 0.1) is 17.2 Å². The number of hydrogen-bond donors (Lipinski definition) is 1. The van der Waals surface area contributed by atoms with E-state index >= 15 is 0 Å². The third-order valence-electron chi connectivity index (χ3n) is 5.48. The van der Waals surface area contributed by atoms with Crippen LogP contribution in [0.3, 0.4) is 0 Å². The molecule has 6 nitrogen and oxygen atoms in total. The molecule has 0 bridgehead atoms. The Morgan fingerprint density at radius 3 is 1.90 bits per heavy atom. The molecule has 0 aliphatic carbocycles. The normalized spacial score (nSPS) is 14.6. The topological polar surface area (TPSA) is 73.7 Å². The molecular weight excluding hydrogens is 378 g/mol. The van der Waals surface area contributed by atoms with Gasteiger partial charge in [0.1, 0.15) is 0 Å². The minimum atomic E-state index is -1.14. The van der Waals surface area contributed by atoms with Crippen molar-refractivity contribution < 1.29 is 14.7 Å². The Kier molecular flexibility index (Phi) is 5.86. The van der Waals surface area contributed by atoms with Crippen molar-refractivity contribution in [1.82, 2.24) is 14.8 Å². The maximum absolute atomic E-state index is 13.0. The first-order valence-electron chi connectivity index (χ1n) is 9.95. The Morgan fingerprint density at radius 1 is 0.800 bits per heavy atom. The molecule has 0 spiro atoms. The maximum Gasteiger partial charge on any atom is 0.338 e. The molecule has 0 radical (unpaired) electrons. The van der Waals surface area contributed by atoms with Crippen LogP contribution in [0.4, 0.5) is 0 Å².